The predicted molar refractivity (Wildman–Crippen MR) is 114 cm³/mol. The molecule has 4 rings (SSSR count). The summed E-state index contributed by atoms with van der Waals surface area (Å²) in [6.07, 6.45) is 0.778. The Hall–Kier alpha value is -3.47. The molecule has 3 aromatic rings. The largest absolute Gasteiger partial charge is 0.349 e. The molecular formula is C25H23FN2O2. The highest BCUT2D eigenvalue weighted by atomic mass is 19.1. The van der Waals surface area contributed by atoms with E-state index in [1.807, 2.05) is 60.7 Å². The van der Waals surface area contributed by atoms with Crippen molar-refractivity contribution in [2.24, 2.45) is 5.92 Å². The van der Waals surface area contributed by atoms with E-state index in [1.165, 1.54) is 17.0 Å². The molecule has 30 heavy (non-hydrogen) atoms. The van der Waals surface area contributed by atoms with Crippen LogP contribution in [0.15, 0.2) is 84.9 Å². The van der Waals surface area contributed by atoms with E-state index >= 15 is 0 Å². The molecule has 0 aliphatic carbocycles. The van der Waals surface area contributed by atoms with Crippen molar-refractivity contribution >= 4 is 17.5 Å². The quantitative estimate of drug-likeness (QED) is 0.669. The van der Waals surface area contributed by atoms with Crippen molar-refractivity contribution in [3.8, 4) is 0 Å². The van der Waals surface area contributed by atoms with E-state index in [-0.39, 0.29) is 30.8 Å². The summed E-state index contributed by atoms with van der Waals surface area (Å²) in [5.74, 6) is -1.20. The second-order valence-corrected chi connectivity index (χ2v) is 7.55. The Morgan fingerprint density at radius 1 is 1.00 bits per heavy atom. The minimum Gasteiger partial charge on any atom is -0.349 e. The number of carbonyl (C=O) groups excluding carboxylic acids is 2. The molecule has 1 heterocycles. The maximum Gasteiger partial charge on any atom is 0.227 e. The lowest BCUT2D eigenvalue weighted by atomic mass is 9.97. The van der Waals surface area contributed by atoms with Gasteiger partial charge in [-0.1, -0.05) is 66.7 Å². The SMILES string of the molecule is O=C(NC(Cc1ccccc1)c1ccccc1)C1CC(=O)N(c2cccc(F)c2)C1. The van der Waals surface area contributed by atoms with Gasteiger partial charge in [-0.25, -0.2) is 4.39 Å². The van der Waals surface area contributed by atoms with Gasteiger partial charge in [-0.3, -0.25) is 9.59 Å². The van der Waals surface area contributed by atoms with Crippen molar-refractivity contribution in [3.05, 3.63) is 102 Å². The molecular weight excluding hydrogens is 379 g/mol. The number of nitrogens with one attached hydrogen (secondary N) is 1. The van der Waals surface area contributed by atoms with Crippen LogP contribution in [0, 0.1) is 11.7 Å². The molecule has 2 unspecified atom stereocenters. The second-order valence-electron chi connectivity index (χ2n) is 7.55. The molecule has 5 heteroatoms. The van der Waals surface area contributed by atoms with Crippen LogP contribution in [0.1, 0.15) is 23.6 Å². The lowest BCUT2D eigenvalue weighted by molar-refractivity contribution is -0.127. The third-order valence-electron chi connectivity index (χ3n) is 5.42. The van der Waals surface area contributed by atoms with E-state index in [9.17, 15) is 14.0 Å². The van der Waals surface area contributed by atoms with Gasteiger partial charge in [0, 0.05) is 18.7 Å². The van der Waals surface area contributed by atoms with Crippen LogP contribution in [0.25, 0.3) is 0 Å². The summed E-state index contributed by atoms with van der Waals surface area (Å²) in [5.41, 5.74) is 2.62. The summed E-state index contributed by atoms with van der Waals surface area (Å²) in [6.45, 7) is 0.251. The van der Waals surface area contributed by atoms with E-state index in [1.54, 1.807) is 12.1 Å². The first-order valence-corrected chi connectivity index (χ1v) is 10.1. The highest BCUT2D eigenvalue weighted by molar-refractivity contribution is 6.00. The third kappa shape index (κ3) is 4.57. The van der Waals surface area contributed by atoms with Gasteiger partial charge >= 0.3 is 0 Å². The molecule has 4 nitrogen and oxygen atoms in total. The Morgan fingerprint density at radius 2 is 1.70 bits per heavy atom. The summed E-state index contributed by atoms with van der Waals surface area (Å²) < 4.78 is 13.6. The molecule has 3 aromatic carbocycles. The number of rotatable bonds is 6. The summed E-state index contributed by atoms with van der Waals surface area (Å²) in [6, 6.07) is 25.5. The normalized spacial score (nSPS) is 17.0. The summed E-state index contributed by atoms with van der Waals surface area (Å²) >= 11 is 0. The van der Waals surface area contributed by atoms with E-state index in [4.69, 9.17) is 0 Å². The maximum absolute atomic E-state index is 13.6. The lowest BCUT2D eigenvalue weighted by Crippen LogP contribution is -2.36. The Kier molecular flexibility index (Phi) is 5.89. The summed E-state index contributed by atoms with van der Waals surface area (Å²) in [5, 5.41) is 3.14. The Balaban J connectivity index is 1.49. The molecule has 2 atom stereocenters. The zero-order valence-electron chi connectivity index (χ0n) is 16.5. The molecule has 0 saturated carbocycles. The van der Waals surface area contributed by atoms with Crippen LogP contribution in [-0.4, -0.2) is 18.4 Å². The van der Waals surface area contributed by atoms with Crippen molar-refractivity contribution in [3.63, 3.8) is 0 Å². The van der Waals surface area contributed by atoms with E-state index in [2.05, 4.69) is 5.32 Å². The fourth-order valence-electron chi connectivity index (χ4n) is 3.85. The summed E-state index contributed by atoms with van der Waals surface area (Å²) in [7, 11) is 0. The van der Waals surface area contributed by atoms with Gasteiger partial charge in [0.1, 0.15) is 5.82 Å². The zero-order chi connectivity index (χ0) is 20.9. The van der Waals surface area contributed by atoms with Crippen LogP contribution in [-0.2, 0) is 16.0 Å². The van der Waals surface area contributed by atoms with Crippen molar-refractivity contribution in [2.75, 3.05) is 11.4 Å². The zero-order valence-corrected chi connectivity index (χ0v) is 16.5. The number of anilines is 1. The first kappa shape index (κ1) is 19.8. The molecule has 0 radical (unpaired) electrons. The van der Waals surface area contributed by atoms with Crippen LogP contribution < -0.4 is 10.2 Å². The van der Waals surface area contributed by atoms with Gasteiger partial charge in [0.15, 0.2) is 0 Å². The lowest BCUT2D eigenvalue weighted by Gasteiger charge is -2.22. The molecule has 1 fully saturated rings. The predicted octanol–water partition coefficient (Wildman–Crippen LogP) is 4.28. The Morgan fingerprint density at radius 3 is 2.40 bits per heavy atom. The van der Waals surface area contributed by atoms with Crippen molar-refractivity contribution < 1.29 is 14.0 Å². The fourth-order valence-corrected chi connectivity index (χ4v) is 3.85. The van der Waals surface area contributed by atoms with Gasteiger partial charge < -0.3 is 10.2 Å². The molecule has 1 saturated heterocycles. The number of hydrogen-bond donors (Lipinski definition) is 1. The molecule has 1 aliphatic rings. The first-order chi connectivity index (χ1) is 14.6. The molecule has 2 amide bonds. The van der Waals surface area contributed by atoms with Crippen LogP contribution in [0.2, 0.25) is 0 Å². The van der Waals surface area contributed by atoms with Gasteiger partial charge in [-0.2, -0.15) is 0 Å². The summed E-state index contributed by atoms with van der Waals surface area (Å²) in [4.78, 5) is 27.0. The smallest absolute Gasteiger partial charge is 0.227 e. The van der Waals surface area contributed by atoms with E-state index in [0.717, 1.165) is 11.1 Å². The molecule has 0 spiro atoms. The Labute approximate surface area is 175 Å². The number of nitrogens with zero attached hydrogens (tertiary/aromatic N) is 1. The van der Waals surface area contributed by atoms with E-state index < -0.39 is 11.7 Å². The van der Waals surface area contributed by atoms with Crippen molar-refractivity contribution in [1.82, 2.24) is 5.32 Å². The van der Waals surface area contributed by atoms with Gasteiger partial charge in [-0.15, -0.1) is 0 Å². The van der Waals surface area contributed by atoms with Crippen LogP contribution >= 0.6 is 0 Å². The molecule has 152 valence electrons. The van der Waals surface area contributed by atoms with Gasteiger partial charge in [0.2, 0.25) is 11.8 Å². The van der Waals surface area contributed by atoms with Crippen LogP contribution in [0.4, 0.5) is 10.1 Å². The first-order valence-electron chi connectivity index (χ1n) is 10.1. The fraction of sp³-hybridized carbons (Fsp3) is 0.200. The molecule has 1 N–H and O–H groups in total. The highest BCUT2D eigenvalue weighted by Gasteiger charge is 2.36. The minimum absolute atomic E-state index is 0.120. The standard InChI is InChI=1S/C25H23FN2O2/c26-21-12-7-13-22(16-21)28-17-20(15-24(28)29)25(30)27-23(19-10-5-2-6-11-19)14-18-8-3-1-4-9-18/h1-13,16,20,23H,14-15,17H2,(H,27,30). The van der Waals surface area contributed by atoms with Gasteiger partial charge in [0.25, 0.3) is 0 Å². The van der Waals surface area contributed by atoms with Crippen molar-refractivity contribution in [2.45, 2.75) is 18.9 Å². The Bertz CT molecular complexity index is 1020. The molecule has 0 bridgehead atoms. The number of halogens is 1. The average molecular weight is 402 g/mol. The van der Waals surface area contributed by atoms with Gasteiger partial charge in [-0.05, 0) is 35.7 Å². The van der Waals surface area contributed by atoms with Crippen molar-refractivity contribution in [1.29, 1.82) is 0 Å². The highest BCUT2D eigenvalue weighted by Crippen LogP contribution is 2.27. The second kappa shape index (κ2) is 8.91. The van der Waals surface area contributed by atoms with Crippen LogP contribution in [0.5, 0.6) is 0 Å². The third-order valence-corrected chi connectivity index (χ3v) is 5.42. The topological polar surface area (TPSA) is 49.4 Å². The van der Waals surface area contributed by atoms with Crippen LogP contribution in [0.3, 0.4) is 0 Å². The molecule has 1 aliphatic heterocycles. The van der Waals surface area contributed by atoms with Gasteiger partial charge in [0.05, 0.1) is 12.0 Å². The van der Waals surface area contributed by atoms with E-state index in [0.29, 0.717) is 12.1 Å². The number of hydrogen-bond acceptors (Lipinski definition) is 2. The number of carbonyl (C=O) groups is 2. The average Bonchev–Trinajstić information content (AvgIpc) is 3.16. The minimum atomic E-state index is -0.470. The maximum atomic E-state index is 13.6. The number of amides is 2. The monoisotopic (exact) mass is 402 g/mol. The number of benzene rings is 3. The molecule has 0 aromatic heterocycles.